The number of Topliss-reactive ketones (excluding diaryl/α,β-unsaturated/α-hetero) is 1. The molecule has 3 aromatic carbocycles. The number of hydrogen-bond donors (Lipinski definition) is 0. The lowest BCUT2D eigenvalue weighted by Crippen LogP contribution is -2.33. The fourth-order valence-electron chi connectivity index (χ4n) is 3.97. The topological polar surface area (TPSA) is 48.0 Å². The van der Waals surface area contributed by atoms with Crippen LogP contribution >= 0.6 is 0 Å². The summed E-state index contributed by atoms with van der Waals surface area (Å²) in [6.45, 7) is 1.90. The molecule has 0 aromatic heterocycles. The van der Waals surface area contributed by atoms with E-state index >= 15 is 0 Å². The number of fused-ring (bicyclic) bond motifs is 3. The fourth-order valence-corrected chi connectivity index (χ4v) is 3.97. The molecule has 0 N–H and O–H groups in total. The Kier molecular flexibility index (Phi) is 5.37. The van der Waals surface area contributed by atoms with Crippen molar-refractivity contribution in [2.75, 3.05) is 20.4 Å². The number of hydrogen-bond acceptors (Lipinski definition) is 5. The van der Waals surface area contributed by atoms with Crippen LogP contribution in [0.1, 0.15) is 27.0 Å². The molecule has 2 aliphatic heterocycles. The van der Waals surface area contributed by atoms with Gasteiger partial charge in [0.2, 0.25) is 5.78 Å². The molecule has 2 aliphatic rings. The minimum atomic E-state index is -0.361. The van der Waals surface area contributed by atoms with Crippen LogP contribution in [0.2, 0.25) is 0 Å². The number of methoxy groups -OCH3 is 1. The summed E-state index contributed by atoms with van der Waals surface area (Å²) in [6, 6.07) is 17.6. The van der Waals surface area contributed by atoms with Crippen LogP contribution < -0.4 is 14.2 Å². The summed E-state index contributed by atoms with van der Waals surface area (Å²) in [5, 5.41) is 0. The van der Waals surface area contributed by atoms with Gasteiger partial charge in [0.25, 0.3) is 0 Å². The Bertz CT molecular complexity index is 1200. The third-order valence-electron chi connectivity index (χ3n) is 5.70. The van der Waals surface area contributed by atoms with Gasteiger partial charge in [0, 0.05) is 13.1 Å². The first kappa shape index (κ1) is 20.3. The minimum absolute atomic E-state index is 0.189. The summed E-state index contributed by atoms with van der Waals surface area (Å²) in [4.78, 5) is 15.0. The molecule has 3 aromatic rings. The molecule has 0 atom stereocenters. The van der Waals surface area contributed by atoms with E-state index in [9.17, 15) is 9.18 Å². The van der Waals surface area contributed by atoms with Gasteiger partial charge in [0.15, 0.2) is 5.76 Å². The number of halogens is 1. The van der Waals surface area contributed by atoms with Gasteiger partial charge in [-0.2, -0.15) is 0 Å². The predicted molar refractivity (Wildman–Crippen MR) is 118 cm³/mol. The summed E-state index contributed by atoms with van der Waals surface area (Å²) < 4.78 is 30.6. The Morgan fingerprint density at radius 3 is 2.75 bits per heavy atom. The third-order valence-corrected chi connectivity index (χ3v) is 5.70. The summed E-state index contributed by atoms with van der Waals surface area (Å²) in [5.74, 6) is 1.72. The molecular formula is C26H22FNO4. The van der Waals surface area contributed by atoms with Gasteiger partial charge in [0.1, 0.15) is 29.8 Å². The molecule has 0 bridgehead atoms. The van der Waals surface area contributed by atoms with Crippen LogP contribution in [0.15, 0.2) is 66.4 Å². The van der Waals surface area contributed by atoms with Gasteiger partial charge in [-0.25, -0.2) is 4.39 Å². The SMILES string of the molecule is COc1ccc(CCN2COc3ccc4c(c3C2)O/C(=C\c2cccc(F)c2)C4=O)cc1. The van der Waals surface area contributed by atoms with E-state index in [1.165, 1.54) is 17.7 Å². The van der Waals surface area contributed by atoms with Crippen LogP contribution in [0.4, 0.5) is 4.39 Å². The first-order chi connectivity index (χ1) is 15.6. The van der Waals surface area contributed by atoms with E-state index in [1.54, 1.807) is 31.4 Å². The number of allylic oxidation sites excluding steroid dienone is 1. The maximum Gasteiger partial charge on any atom is 0.231 e. The maximum absolute atomic E-state index is 13.5. The van der Waals surface area contributed by atoms with Crippen molar-refractivity contribution < 1.29 is 23.4 Å². The first-order valence-corrected chi connectivity index (χ1v) is 10.4. The Morgan fingerprint density at radius 2 is 1.97 bits per heavy atom. The lowest BCUT2D eigenvalue weighted by Gasteiger charge is -2.29. The molecule has 5 nitrogen and oxygen atoms in total. The molecule has 0 aliphatic carbocycles. The second kappa shape index (κ2) is 8.48. The van der Waals surface area contributed by atoms with Crippen molar-refractivity contribution in [1.29, 1.82) is 0 Å². The van der Waals surface area contributed by atoms with Crippen molar-refractivity contribution in [2.45, 2.75) is 13.0 Å². The van der Waals surface area contributed by atoms with Gasteiger partial charge in [-0.3, -0.25) is 9.69 Å². The van der Waals surface area contributed by atoms with E-state index in [4.69, 9.17) is 14.2 Å². The number of rotatable bonds is 5. The van der Waals surface area contributed by atoms with Gasteiger partial charge in [0.05, 0.1) is 18.2 Å². The van der Waals surface area contributed by atoms with Gasteiger partial charge < -0.3 is 14.2 Å². The molecule has 0 saturated heterocycles. The van der Waals surface area contributed by atoms with Gasteiger partial charge in [-0.1, -0.05) is 24.3 Å². The number of carbonyl (C=O) groups is 1. The molecule has 0 radical (unpaired) electrons. The minimum Gasteiger partial charge on any atom is -0.497 e. The number of ketones is 1. The van der Waals surface area contributed by atoms with Crippen molar-refractivity contribution in [3.63, 3.8) is 0 Å². The normalized spacial score (nSPS) is 16.3. The summed E-state index contributed by atoms with van der Waals surface area (Å²) in [7, 11) is 1.65. The lowest BCUT2D eigenvalue weighted by molar-refractivity contribution is 0.0949. The van der Waals surface area contributed by atoms with Crippen LogP contribution in [0.3, 0.4) is 0 Å². The third kappa shape index (κ3) is 3.97. The molecule has 0 saturated carbocycles. The Balaban J connectivity index is 1.33. The summed E-state index contributed by atoms with van der Waals surface area (Å²) >= 11 is 0. The zero-order valence-corrected chi connectivity index (χ0v) is 17.6. The molecule has 2 heterocycles. The van der Waals surface area contributed by atoms with Crippen LogP contribution in [-0.2, 0) is 13.0 Å². The van der Waals surface area contributed by atoms with Gasteiger partial charge in [-0.15, -0.1) is 0 Å². The van der Waals surface area contributed by atoms with Gasteiger partial charge in [-0.05, 0) is 60.0 Å². The van der Waals surface area contributed by atoms with Gasteiger partial charge >= 0.3 is 0 Å². The van der Waals surface area contributed by atoms with E-state index in [0.29, 0.717) is 30.2 Å². The zero-order chi connectivity index (χ0) is 22.1. The Morgan fingerprint density at radius 1 is 1.12 bits per heavy atom. The van der Waals surface area contributed by atoms with Crippen molar-refractivity contribution in [3.8, 4) is 17.2 Å². The number of benzene rings is 3. The summed E-state index contributed by atoms with van der Waals surface area (Å²) in [5.41, 5.74) is 3.15. The van der Waals surface area contributed by atoms with Crippen LogP contribution in [0, 0.1) is 5.82 Å². The highest BCUT2D eigenvalue weighted by Gasteiger charge is 2.33. The number of ether oxygens (including phenoxy) is 3. The monoisotopic (exact) mass is 431 g/mol. The van der Waals surface area contributed by atoms with Crippen molar-refractivity contribution in [3.05, 3.63) is 94.5 Å². The van der Waals surface area contributed by atoms with Crippen LogP contribution in [-0.4, -0.2) is 31.1 Å². The van der Waals surface area contributed by atoms with Crippen LogP contribution in [0.5, 0.6) is 17.2 Å². The smallest absolute Gasteiger partial charge is 0.231 e. The molecule has 5 rings (SSSR count). The molecule has 162 valence electrons. The standard InChI is InChI=1S/C26H22FNO4/c1-30-20-7-5-17(6-8-20)11-12-28-15-22-23(31-16-28)10-9-21-25(29)24(32-26(21)22)14-18-3-2-4-19(27)13-18/h2-10,13-14H,11-12,15-16H2,1H3/b24-14-. The van der Waals surface area contributed by atoms with Crippen molar-refractivity contribution in [1.82, 2.24) is 4.90 Å². The molecule has 0 unspecified atom stereocenters. The highest BCUT2D eigenvalue weighted by Crippen LogP contribution is 2.42. The molecular weight excluding hydrogens is 409 g/mol. The largest absolute Gasteiger partial charge is 0.497 e. The average Bonchev–Trinajstić information content (AvgIpc) is 3.13. The van der Waals surface area contributed by atoms with E-state index in [1.807, 2.05) is 18.2 Å². The predicted octanol–water partition coefficient (Wildman–Crippen LogP) is 4.85. The van der Waals surface area contributed by atoms with Crippen LogP contribution in [0.25, 0.3) is 6.08 Å². The van der Waals surface area contributed by atoms with E-state index in [0.717, 1.165) is 30.0 Å². The number of carbonyl (C=O) groups excluding carboxylic acids is 1. The Hall–Kier alpha value is -3.64. The Labute approximate surface area is 185 Å². The molecule has 0 fully saturated rings. The highest BCUT2D eigenvalue weighted by atomic mass is 19.1. The fraction of sp³-hybridized carbons (Fsp3) is 0.192. The van der Waals surface area contributed by atoms with E-state index < -0.39 is 0 Å². The molecule has 32 heavy (non-hydrogen) atoms. The first-order valence-electron chi connectivity index (χ1n) is 10.4. The highest BCUT2D eigenvalue weighted by molar-refractivity contribution is 6.15. The summed E-state index contributed by atoms with van der Waals surface area (Å²) in [6.07, 6.45) is 2.44. The molecule has 0 amide bonds. The molecule has 6 heteroatoms. The second-order valence-corrected chi connectivity index (χ2v) is 7.84. The second-order valence-electron chi connectivity index (χ2n) is 7.84. The lowest BCUT2D eigenvalue weighted by atomic mass is 10.0. The van der Waals surface area contributed by atoms with Crippen molar-refractivity contribution >= 4 is 11.9 Å². The van der Waals surface area contributed by atoms with E-state index in [-0.39, 0.29) is 17.4 Å². The zero-order valence-electron chi connectivity index (χ0n) is 17.6. The molecule has 0 spiro atoms. The number of nitrogens with zero attached hydrogens (tertiary/aromatic N) is 1. The van der Waals surface area contributed by atoms with E-state index in [2.05, 4.69) is 17.0 Å². The maximum atomic E-state index is 13.5. The average molecular weight is 431 g/mol. The van der Waals surface area contributed by atoms with Crippen molar-refractivity contribution in [2.24, 2.45) is 0 Å². The quantitative estimate of drug-likeness (QED) is 0.541.